The van der Waals surface area contributed by atoms with E-state index in [0.29, 0.717) is 6.04 Å². The van der Waals surface area contributed by atoms with Crippen molar-refractivity contribution in [2.75, 3.05) is 31.7 Å². The van der Waals surface area contributed by atoms with Crippen molar-refractivity contribution in [1.29, 1.82) is 0 Å². The largest absolute Gasteiger partial charge is 0.393 e. The first-order valence-electron chi connectivity index (χ1n) is 11.6. The van der Waals surface area contributed by atoms with Crippen LogP contribution in [0.5, 0.6) is 0 Å². The molecule has 166 valence electrons. The van der Waals surface area contributed by atoms with E-state index in [1.807, 2.05) is 24.3 Å². The first kappa shape index (κ1) is 20.2. The molecule has 1 fully saturated rings. The summed E-state index contributed by atoms with van der Waals surface area (Å²) in [6.45, 7) is 1.65. The van der Waals surface area contributed by atoms with Gasteiger partial charge in [0.1, 0.15) is 0 Å². The number of hydrogen-bond acceptors (Lipinski definition) is 5. The molecule has 0 saturated carbocycles. The molecule has 6 rings (SSSR count). The van der Waals surface area contributed by atoms with E-state index in [1.165, 1.54) is 21.9 Å². The number of aliphatic hydroxyl groups is 2. The molecule has 2 N–H and O–H groups in total. The normalized spacial score (nSPS) is 27.9. The third-order valence-electron chi connectivity index (χ3n) is 7.90. The van der Waals surface area contributed by atoms with Gasteiger partial charge in [-0.05, 0) is 47.2 Å². The van der Waals surface area contributed by atoms with E-state index in [1.54, 1.807) is 7.11 Å². The van der Waals surface area contributed by atoms with Gasteiger partial charge >= 0.3 is 0 Å². The predicted molar refractivity (Wildman–Crippen MR) is 126 cm³/mol. The summed E-state index contributed by atoms with van der Waals surface area (Å²) in [5.74, 6) is 0. The van der Waals surface area contributed by atoms with Crippen molar-refractivity contribution in [3.05, 3.63) is 77.4 Å². The quantitative estimate of drug-likeness (QED) is 0.663. The highest BCUT2D eigenvalue weighted by Crippen LogP contribution is 2.47. The summed E-state index contributed by atoms with van der Waals surface area (Å²) in [6, 6.07) is 21.9. The van der Waals surface area contributed by atoms with Gasteiger partial charge in [-0.15, -0.1) is 0 Å². The molecule has 3 atom stereocenters. The van der Waals surface area contributed by atoms with Crippen molar-refractivity contribution >= 4 is 16.5 Å². The molecule has 0 aromatic heterocycles. The number of benzene rings is 3. The molecule has 3 unspecified atom stereocenters. The lowest BCUT2D eigenvalue weighted by Crippen LogP contribution is -2.54. The van der Waals surface area contributed by atoms with Crippen molar-refractivity contribution in [3.63, 3.8) is 0 Å². The van der Waals surface area contributed by atoms with Crippen LogP contribution in [0.3, 0.4) is 0 Å². The zero-order valence-corrected chi connectivity index (χ0v) is 18.4. The number of piperidine rings is 1. The topological polar surface area (TPSA) is 56.2 Å². The van der Waals surface area contributed by atoms with Crippen LogP contribution in [0.15, 0.2) is 60.7 Å². The first-order valence-corrected chi connectivity index (χ1v) is 11.6. The minimum atomic E-state index is -1.40. The van der Waals surface area contributed by atoms with Gasteiger partial charge in [-0.3, -0.25) is 4.90 Å². The van der Waals surface area contributed by atoms with Crippen LogP contribution in [0.25, 0.3) is 10.8 Å². The smallest absolute Gasteiger partial charge is 0.165 e. The molecular formula is C27H30N2O3. The number of fused-ring (bicyclic) bond motifs is 1. The predicted octanol–water partition coefficient (Wildman–Crippen LogP) is 3.57. The van der Waals surface area contributed by atoms with Crippen molar-refractivity contribution in [1.82, 2.24) is 4.90 Å². The van der Waals surface area contributed by atoms with Crippen LogP contribution in [0, 0.1) is 0 Å². The van der Waals surface area contributed by atoms with Crippen LogP contribution < -0.4 is 4.90 Å². The second-order valence-corrected chi connectivity index (χ2v) is 9.44. The van der Waals surface area contributed by atoms with Gasteiger partial charge in [0.15, 0.2) is 11.8 Å². The van der Waals surface area contributed by atoms with Gasteiger partial charge in [0.2, 0.25) is 0 Å². The van der Waals surface area contributed by atoms with E-state index in [9.17, 15) is 10.2 Å². The molecule has 2 aliphatic heterocycles. The number of aliphatic hydroxyl groups excluding tert-OH is 1. The molecule has 0 radical (unpaired) electrons. The molecule has 5 heteroatoms. The SMILES string of the molecule is COC1N(C2CCN(C3Cc4cccc5cccc3c45)CC2)c2ccccc2C1(O)CO. The van der Waals surface area contributed by atoms with Crippen LogP contribution in [-0.2, 0) is 16.8 Å². The highest BCUT2D eigenvalue weighted by atomic mass is 16.5. The summed E-state index contributed by atoms with van der Waals surface area (Å²) in [5.41, 5.74) is 3.27. The van der Waals surface area contributed by atoms with Crippen molar-refractivity contribution < 1.29 is 14.9 Å². The number of likely N-dealkylation sites (tertiary alicyclic amines) is 1. The third kappa shape index (κ3) is 2.78. The summed E-state index contributed by atoms with van der Waals surface area (Å²) >= 11 is 0. The highest BCUT2D eigenvalue weighted by Gasteiger charge is 2.52. The number of hydrogen-bond donors (Lipinski definition) is 2. The van der Waals surface area contributed by atoms with Crippen molar-refractivity contribution in [2.24, 2.45) is 0 Å². The fraction of sp³-hybridized carbons (Fsp3) is 0.407. The lowest BCUT2D eigenvalue weighted by molar-refractivity contribution is -0.119. The molecule has 0 amide bonds. The van der Waals surface area contributed by atoms with E-state index in [-0.39, 0.29) is 12.6 Å². The van der Waals surface area contributed by atoms with Crippen molar-refractivity contribution in [2.45, 2.75) is 43.2 Å². The number of anilines is 1. The summed E-state index contributed by atoms with van der Waals surface area (Å²) in [4.78, 5) is 4.85. The maximum absolute atomic E-state index is 11.3. The highest BCUT2D eigenvalue weighted by molar-refractivity contribution is 5.91. The standard InChI is InChI=1S/C27H30N2O3/c1-32-26-27(31,17-30)22-10-2-3-11-23(22)29(26)20-12-14-28(15-13-20)24-16-19-8-4-6-18-7-5-9-21(24)25(18)19/h2-11,20,24,26,30-31H,12-17H2,1H3. The lowest BCUT2D eigenvalue weighted by atomic mass is 9.95. The number of ether oxygens (including phenoxy) is 1. The molecule has 0 spiro atoms. The van der Waals surface area contributed by atoms with Crippen molar-refractivity contribution in [3.8, 4) is 0 Å². The molecule has 3 aliphatic rings. The number of methoxy groups -OCH3 is 1. The fourth-order valence-corrected chi connectivity index (χ4v) is 6.43. The van der Waals surface area contributed by atoms with Gasteiger partial charge in [0.05, 0.1) is 6.61 Å². The molecule has 1 aliphatic carbocycles. The van der Waals surface area contributed by atoms with Gasteiger partial charge in [-0.1, -0.05) is 54.6 Å². The molecule has 3 aromatic carbocycles. The van der Waals surface area contributed by atoms with Crippen LogP contribution >= 0.6 is 0 Å². The minimum absolute atomic E-state index is 0.262. The Bertz CT molecular complexity index is 1150. The Kier molecular flexibility index (Phi) is 4.77. The monoisotopic (exact) mass is 430 g/mol. The second kappa shape index (κ2) is 7.56. The molecule has 5 nitrogen and oxygen atoms in total. The Balaban J connectivity index is 1.25. The maximum Gasteiger partial charge on any atom is 0.165 e. The molecule has 0 bridgehead atoms. The van der Waals surface area contributed by atoms with Crippen LogP contribution in [0.4, 0.5) is 5.69 Å². The van der Waals surface area contributed by atoms with E-state index in [2.05, 4.69) is 46.2 Å². The Hall–Kier alpha value is -2.44. The zero-order chi connectivity index (χ0) is 21.9. The lowest BCUT2D eigenvalue weighted by Gasteiger charge is -2.43. The minimum Gasteiger partial charge on any atom is -0.393 e. The van der Waals surface area contributed by atoms with Crippen LogP contribution in [0.1, 0.15) is 35.6 Å². The number of para-hydroxylation sites is 1. The Morgan fingerprint density at radius 3 is 2.50 bits per heavy atom. The Morgan fingerprint density at radius 2 is 1.75 bits per heavy atom. The molecule has 32 heavy (non-hydrogen) atoms. The maximum atomic E-state index is 11.3. The Morgan fingerprint density at radius 1 is 1.00 bits per heavy atom. The zero-order valence-electron chi connectivity index (χ0n) is 18.4. The van der Waals surface area contributed by atoms with Crippen LogP contribution in [-0.4, -0.2) is 54.2 Å². The molecular weight excluding hydrogens is 400 g/mol. The van der Waals surface area contributed by atoms with E-state index < -0.39 is 11.8 Å². The van der Waals surface area contributed by atoms with Gasteiger partial charge in [0, 0.05) is 43.5 Å². The van der Waals surface area contributed by atoms with Gasteiger partial charge in [-0.25, -0.2) is 0 Å². The number of nitrogens with zero attached hydrogens (tertiary/aromatic N) is 2. The average Bonchev–Trinajstić information content (AvgIpc) is 3.34. The summed E-state index contributed by atoms with van der Waals surface area (Å²) in [5, 5.41) is 24.2. The molecule has 3 aromatic rings. The van der Waals surface area contributed by atoms with Gasteiger partial charge < -0.3 is 19.8 Å². The second-order valence-electron chi connectivity index (χ2n) is 9.44. The first-order chi connectivity index (χ1) is 15.7. The Labute approximate surface area is 188 Å². The fourth-order valence-electron chi connectivity index (χ4n) is 6.43. The summed E-state index contributed by atoms with van der Waals surface area (Å²) in [6.07, 6.45) is 2.50. The molecule has 1 saturated heterocycles. The van der Waals surface area contributed by atoms with E-state index >= 15 is 0 Å². The third-order valence-corrected chi connectivity index (χ3v) is 7.90. The average molecular weight is 431 g/mol. The summed E-state index contributed by atoms with van der Waals surface area (Å²) in [7, 11) is 1.62. The van der Waals surface area contributed by atoms with Gasteiger partial charge in [0.25, 0.3) is 0 Å². The van der Waals surface area contributed by atoms with E-state index in [0.717, 1.165) is 43.6 Å². The van der Waals surface area contributed by atoms with Gasteiger partial charge in [-0.2, -0.15) is 0 Å². The molecule has 2 heterocycles. The number of rotatable bonds is 4. The van der Waals surface area contributed by atoms with Crippen LogP contribution in [0.2, 0.25) is 0 Å². The van der Waals surface area contributed by atoms with E-state index in [4.69, 9.17) is 4.74 Å². The summed E-state index contributed by atoms with van der Waals surface area (Å²) < 4.78 is 5.78.